The average molecular weight is 415 g/mol. The summed E-state index contributed by atoms with van der Waals surface area (Å²) in [5.41, 5.74) is 5.75. The Bertz CT molecular complexity index is 1010. The lowest BCUT2D eigenvalue weighted by Crippen LogP contribution is -2.29. The summed E-state index contributed by atoms with van der Waals surface area (Å²) >= 11 is 0. The Labute approximate surface area is 184 Å². The highest BCUT2D eigenvalue weighted by Gasteiger charge is 2.17. The number of hydrogen-bond acceptors (Lipinski definition) is 3. The van der Waals surface area contributed by atoms with Crippen LogP contribution in [0.3, 0.4) is 0 Å². The number of nitrogens with one attached hydrogen (secondary N) is 1. The quantitative estimate of drug-likeness (QED) is 0.553. The molecule has 3 aromatic rings. The number of benzene rings is 3. The van der Waals surface area contributed by atoms with Crippen molar-refractivity contribution in [3.05, 3.63) is 95.1 Å². The van der Waals surface area contributed by atoms with Gasteiger partial charge in [-0.2, -0.15) is 0 Å². The van der Waals surface area contributed by atoms with Crippen LogP contribution in [0.4, 0.5) is 5.69 Å². The summed E-state index contributed by atoms with van der Waals surface area (Å²) in [6.45, 7) is 4.01. The summed E-state index contributed by atoms with van der Waals surface area (Å²) in [7, 11) is 1.65. The minimum absolute atomic E-state index is 0.0251. The molecule has 1 aliphatic rings. The molecule has 3 aromatic carbocycles. The summed E-state index contributed by atoms with van der Waals surface area (Å²) in [4.78, 5) is 15.3. The van der Waals surface area contributed by atoms with E-state index in [1.54, 1.807) is 7.11 Å². The van der Waals surface area contributed by atoms with Gasteiger partial charge in [-0.15, -0.1) is 0 Å². The van der Waals surface area contributed by atoms with Crippen LogP contribution < -0.4 is 15.0 Å². The summed E-state index contributed by atoms with van der Waals surface area (Å²) in [5.74, 6) is 0.773. The Kier molecular flexibility index (Phi) is 6.56. The standard InChI is InChI=1S/C27H30N2O2/c1-3-25(21-14-16-24(31-2)17-15-21)28-27(30)23-12-10-20(11-13-23)19-29-18-6-8-22-7-4-5-9-26(22)29/h4-5,7,9-17,25H,3,6,8,18-19H2,1-2H3,(H,28,30)/t25-/m1/s1. The molecule has 0 saturated heterocycles. The molecule has 0 unspecified atom stereocenters. The first-order valence-corrected chi connectivity index (χ1v) is 11.0. The van der Waals surface area contributed by atoms with E-state index in [-0.39, 0.29) is 11.9 Å². The van der Waals surface area contributed by atoms with Gasteiger partial charge in [-0.1, -0.05) is 49.4 Å². The number of nitrogens with zero attached hydrogens (tertiary/aromatic N) is 1. The molecule has 1 heterocycles. The molecule has 1 N–H and O–H groups in total. The molecule has 4 heteroatoms. The molecule has 0 saturated carbocycles. The summed E-state index contributed by atoms with van der Waals surface area (Å²) in [6, 6.07) is 24.5. The van der Waals surface area contributed by atoms with Crippen molar-refractivity contribution in [2.24, 2.45) is 0 Å². The Morgan fingerprint density at radius 1 is 1.03 bits per heavy atom. The maximum atomic E-state index is 12.8. The number of aryl methyl sites for hydroxylation is 1. The van der Waals surface area contributed by atoms with E-state index in [2.05, 4.69) is 53.5 Å². The van der Waals surface area contributed by atoms with Crippen molar-refractivity contribution in [3.63, 3.8) is 0 Å². The number of carbonyl (C=O) groups excluding carboxylic acids is 1. The molecule has 0 aromatic heterocycles. The Hall–Kier alpha value is -3.27. The fourth-order valence-corrected chi connectivity index (χ4v) is 4.26. The third-order valence-electron chi connectivity index (χ3n) is 6.03. The van der Waals surface area contributed by atoms with Crippen molar-refractivity contribution in [1.29, 1.82) is 0 Å². The van der Waals surface area contributed by atoms with Gasteiger partial charge in [0.1, 0.15) is 5.75 Å². The smallest absolute Gasteiger partial charge is 0.251 e. The second kappa shape index (κ2) is 9.69. The first kappa shape index (κ1) is 21.0. The van der Waals surface area contributed by atoms with Gasteiger partial charge in [-0.05, 0) is 66.3 Å². The molecule has 0 aliphatic carbocycles. The van der Waals surface area contributed by atoms with Crippen molar-refractivity contribution in [2.75, 3.05) is 18.6 Å². The van der Waals surface area contributed by atoms with Gasteiger partial charge < -0.3 is 15.0 Å². The van der Waals surface area contributed by atoms with E-state index in [9.17, 15) is 4.79 Å². The average Bonchev–Trinajstić information content (AvgIpc) is 2.83. The van der Waals surface area contributed by atoms with Gasteiger partial charge >= 0.3 is 0 Å². The van der Waals surface area contributed by atoms with Crippen LogP contribution in [0.25, 0.3) is 0 Å². The van der Waals surface area contributed by atoms with Gasteiger partial charge in [0, 0.05) is 24.3 Å². The number of anilines is 1. The molecule has 0 radical (unpaired) electrons. The zero-order valence-corrected chi connectivity index (χ0v) is 18.3. The number of methoxy groups -OCH3 is 1. The van der Waals surface area contributed by atoms with E-state index in [1.807, 2.05) is 36.4 Å². The van der Waals surface area contributed by atoms with Gasteiger partial charge in [0.25, 0.3) is 5.91 Å². The van der Waals surface area contributed by atoms with Crippen molar-refractivity contribution in [1.82, 2.24) is 5.32 Å². The molecular weight excluding hydrogens is 384 g/mol. The Morgan fingerprint density at radius 2 is 1.77 bits per heavy atom. The number of rotatable bonds is 7. The van der Waals surface area contributed by atoms with E-state index >= 15 is 0 Å². The van der Waals surface area contributed by atoms with Crippen LogP contribution in [0, 0.1) is 0 Å². The van der Waals surface area contributed by atoms with Crippen molar-refractivity contribution >= 4 is 11.6 Å². The molecule has 0 bridgehead atoms. The molecule has 4 nitrogen and oxygen atoms in total. The molecular formula is C27H30N2O2. The van der Waals surface area contributed by atoms with Crippen LogP contribution in [-0.4, -0.2) is 19.6 Å². The van der Waals surface area contributed by atoms with Crippen LogP contribution in [0.2, 0.25) is 0 Å². The van der Waals surface area contributed by atoms with E-state index < -0.39 is 0 Å². The molecule has 160 valence electrons. The fourth-order valence-electron chi connectivity index (χ4n) is 4.26. The maximum absolute atomic E-state index is 12.8. The highest BCUT2D eigenvalue weighted by atomic mass is 16.5. The zero-order valence-electron chi connectivity index (χ0n) is 18.3. The van der Waals surface area contributed by atoms with Crippen molar-refractivity contribution in [2.45, 2.75) is 38.8 Å². The minimum Gasteiger partial charge on any atom is -0.497 e. The zero-order chi connectivity index (χ0) is 21.6. The number of carbonyl (C=O) groups is 1. The molecule has 1 amide bonds. The highest BCUT2D eigenvalue weighted by molar-refractivity contribution is 5.94. The molecule has 31 heavy (non-hydrogen) atoms. The van der Waals surface area contributed by atoms with Crippen LogP contribution in [0.5, 0.6) is 5.75 Å². The molecule has 1 atom stereocenters. The van der Waals surface area contributed by atoms with Crippen LogP contribution in [-0.2, 0) is 13.0 Å². The van der Waals surface area contributed by atoms with Gasteiger partial charge in [0.05, 0.1) is 13.2 Å². The molecule has 4 rings (SSSR count). The van der Waals surface area contributed by atoms with Gasteiger partial charge in [0.15, 0.2) is 0 Å². The van der Waals surface area contributed by atoms with E-state index in [0.29, 0.717) is 5.56 Å². The number of hydrogen-bond donors (Lipinski definition) is 1. The number of amides is 1. The van der Waals surface area contributed by atoms with Crippen molar-refractivity contribution < 1.29 is 9.53 Å². The van der Waals surface area contributed by atoms with Crippen LogP contribution in [0.15, 0.2) is 72.8 Å². The largest absolute Gasteiger partial charge is 0.497 e. The maximum Gasteiger partial charge on any atom is 0.251 e. The van der Waals surface area contributed by atoms with E-state index in [1.165, 1.54) is 23.2 Å². The summed E-state index contributed by atoms with van der Waals surface area (Å²) in [5, 5.41) is 3.16. The van der Waals surface area contributed by atoms with E-state index in [0.717, 1.165) is 37.2 Å². The van der Waals surface area contributed by atoms with E-state index in [4.69, 9.17) is 4.74 Å². The Balaban J connectivity index is 1.41. The molecule has 0 fully saturated rings. The van der Waals surface area contributed by atoms with Gasteiger partial charge in [-0.25, -0.2) is 0 Å². The number of para-hydroxylation sites is 1. The lowest BCUT2D eigenvalue weighted by atomic mass is 10.0. The summed E-state index contributed by atoms with van der Waals surface area (Å²) < 4.78 is 5.23. The first-order chi connectivity index (χ1) is 15.2. The Morgan fingerprint density at radius 3 is 2.48 bits per heavy atom. The minimum atomic E-state index is -0.0439. The topological polar surface area (TPSA) is 41.6 Å². The second-order valence-electron chi connectivity index (χ2n) is 8.06. The third kappa shape index (κ3) is 4.91. The highest BCUT2D eigenvalue weighted by Crippen LogP contribution is 2.28. The fraction of sp³-hybridized carbons (Fsp3) is 0.296. The molecule has 1 aliphatic heterocycles. The van der Waals surface area contributed by atoms with Crippen LogP contribution >= 0.6 is 0 Å². The number of ether oxygens (including phenoxy) is 1. The predicted octanol–water partition coefficient (Wildman–Crippen LogP) is 5.53. The summed E-state index contributed by atoms with van der Waals surface area (Å²) in [6.07, 6.45) is 3.16. The normalized spacial score (nSPS) is 13.9. The lowest BCUT2D eigenvalue weighted by molar-refractivity contribution is 0.0935. The van der Waals surface area contributed by atoms with Crippen molar-refractivity contribution in [3.8, 4) is 5.75 Å². The van der Waals surface area contributed by atoms with Gasteiger partial charge in [0.2, 0.25) is 0 Å². The van der Waals surface area contributed by atoms with Crippen LogP contribution in [0.1, 0.15) is 52.9 Å². The lowest BCUT2D eigenvalue weighted by Gasteiger charge is -2.31. The predicted molar refractivity (Wildman–Crippen MR) is 126 cm³/mol. The monoisotopic (exact) mass is 414 g/mol. The third-order valence-corrected chi connectivity index (χ3v) is 6.03. The first-order valence-electron chi connectivity index (χ1n) is 11.0. The number of fused-ring (bicyclic) bond motifs is 1. The second-order valence-corrected chi connectivity index (χ2v) is 8.06. The van der Waals surface area contributed by atoms with Gasteiger partial charge in [-0.3, -0.25) is 4.79 Å². The SMILES string of the molecule is CC[C@@H](NC(=O)c1ccc(CN2CCCc3ccccc32)cc1)c1ccc(OC)cc1. The molecule has 0 spiro atoms.